The summed E-state index contributed by atoms with van der Waals surface area (Å²) in [7, 11) is 0. The van der Waals surface area contributed by atoms with Gasteiger partial charge >= 0.3 is 5.97 Å². The number of nitrogens with one attached hydrogen (secondary N) is 2. The summed E-state index contributed by atoms with van der Waals surface area (Å²) in [5.74, 6) is 0.168. The second-order valence-electron chi connectivity index (χ2n) is 5.50. The van der Waals surface area contributed by atoms with E-state index in [-0.39, 0.29) is 17.8 Å². The van der Waals surface area contributed by atoms with Crippen LogP contribution in [0.25, 0.3) is 0 Å². The summed E-state index contributed by atoms with van der Waals surface area (Å²) >= 11 is 0. The molecule has 3 rings (SSSR count). The Morgan fingerprint density at radius 1 is 1.29 bits per heavy atom. The van der Waals surface area contributed by atoms with E-state index in [2.05, 4.69) is 15.6 Å². The number of nitrogens with zero attached hydrogens (tertiary/aromatic N) is 1. The van der Waals surface area contributed by atoms with Crippen LogP contribution in [0, 0.1) is 0 Å². The number of carbonyl (C=O) groups excluding carboxylic acids is 2. The molecular weight excluding hydrogens is 306 g/mol. The van der Waals surface area contributed by atoms with Gasteiger partial charge in [-0.3, -0.25) is 4.79 Å². The molecule has 0 radical (unpaired) electrons. The molecule has 1 unspecified atom stereocenters. The minimum absolute atomic E-state index is 0.0311. The third-order valence-corrected chi connectivity index (χ3v) is 3.92. The summed E-state index contributed by atoms with van der Waals surface area (Å²) in [5.41, 5.74) is 2.35. The van der Waals surface area contributed by atoms with Crippen molar-refractivity contribution in [3.05, 3.63) is 53.7 Å². The van der Waals surface area contributed by atoms with E-state index in [1.807, 2.05) is 24.3 Å². The fourth-order valence-corrected chi connectivity index (χ4v) is 2.74. The fourth-order valence-electron chi connectivity index (χ4n) is 2.74. The Balaban J connectivity index is 1.55. The Kier molecular flexibility index (Phi) is 4.74. The van der Waals surface area contributed by atoms with Gasteiger partial charge < -0.3 is 15.4 Å². The predicted octanol–water partition coefficient (Wildman–Crippen LogP) is 2.80. The number of benzene rings is 1. The van der Waals surface area contributed by atoms with Gasteiger partial charge in [-0.25, -0.2) is 9.78 Å². The lowest BCUT2D eigenvalue weighted by Crippen LogP contribution is -2.16. The number of esters is 1. The molecular formula is C18H19N3O3. The van der Waals surface area contributed by atoms with E-state index in [0.29, 0.717) is 31.0 Å². The first kappa shape index (κ1) is 16.0. The van der Waals surface area contributed by atoms with E-state index < -0.39 is 0 Å². The van der Waals surface area contributed by atoms with E-state index in [0.717, 1.165) is 11.3 Å². The fraction of sp³-hybridized carbons (Fsp3) is 0.278. The molecule has 1 amide bonds. The van der Waals surface area contributed by atoms with Crippen molar-refractivity contribution >= 4 is 23.4 Å². The number of anilines is 2. The van der Waals surface area contributed by atoms with Crippen LogP contribution in [-0.2, 0) is 9.53 Å². The van der Waals surface area contributed by atoms with Gasteiger partial charge in [0, 0.05) is 18.4 Å². The number of hydrogen-bond donors (Lipinski definition) is 2. The standard InChI is InChI=1S/C18H19N3O3/c1-2-24-18(23)12-7-8-16(20-11-12)19-10-9-14-13-5-3-4-6-15(13)21-17(14)22/h3-8,11,14H,2,9-10H2,1H3,(H,19,20)(H,21,22). The SMILES string of the molecule is CCOC(=O)c1ccc(NCCC2C(=O)Nc3ccccc32)nc1. The average Bonchev–Trinajstić information content (AvgIpc) is 2.91. The molecule has 1 aromatic carbocycles. The normalized spacial score (nSPS) is 15.5. The molecule has 6 nitrogen and oxygen atoms in total. The van der Waals surface area contributed by atoms with Gasteiger partial charge in [-0.05, 0) is 37.1 Å². The highest BCUT2D eigenvalue weighted by molar-refractivity contribution is 6.02. The van der Waals surface area contributed by atoms with Crippen LogP contribution in [0.4, 0.5) is 11.5 Å². The molecule has 124 valence electrons. The topological polar surface area (TPSA) is 80.3 Å². The largest absolute Gasteiger partial charge is 0.462 e. The quantitative estimate of drug-likeness (QED) is 0.798. The van der Waals surface area contributed by atoms with Crippen LogP contribution in [0.1, 0.15) is 35.2 Å². The molecule has 0 spiro atoms. The van der Waals surface area contributed by atoms with E-state index in [1.165, 1.54) is 6.20 Å². The van der Waals surface area contributed by atoms with Gasteiger partial charge in [-0.1, -0.05) is 18.2 Å². The molecule has 1 aromatic heterocycles. The van der Waals surface area contributed by atoms with Crippen LogP contribution in [0.5, 0.6) is 0 Å². The molecule has 0 bridgehead atoms. The van der Waals surface area contributed by atoms with Gasteiger partial charge in [0.1, 0.15) is 5.82 Å². The Bertz CT molecular complexity index is 743. The molecule has 6 heteroatoms. The first-order valence-electron chi connectivity index (χ1n) is 7.96. The molecule has 1 aliphatic rings. The number of rotatable bonds is 6. The summed E-state index contributed by atoms with van der Waals surface area (Å²) in [6.07, 6.45) is 2.15. The van der Waals surface area contributed by atoms with Gasteiger partial charge in [0.25, 0.3) is 0 Å². The monoisotopic (exact) mass is 325 g/mol. The van der Waals surface area contributed by atoms with Gasteiger partial charge in [-0.15, -0.1) is 0 Å². The minimum Gasteiger partial charge on any atom is -0.462 e. The summed E-state index contributed by atoms with van der Waals surface area (Å²) in [6, 6.07) is 11.1. The predicted molar refractivity (Wildman–Crippen MR) is 91.1 cm³/mol. The van der Waals surface area contributed by atoms with Crippen LogP contribution >= 0.6 is 0 Å². The molecule has 2 N–H and O–H groups in total. The Morgan fingerprint density at radius 3 is 2.88 bits per heavy atom. The number of para-hydroxylation sites is 1. The number of carbonyl (C=O) groups is 2. The molecule has 0 saturated heterocycles. The van der Waals surface area contributed by atoms with Gasteiger partial charge in [-0.2, -0.15) is 0 Å². The molecule has 1 atom stereocenters. The number of fused-ring (bicyclic) bond motifs is 1. The molecule has 0 aliphatic carbocycles. The molecule has 2 aromatic rings. The summed E-state index contributed by atoms with van der Waals surface area (Å²) in [4.78, 5) is 27.8. The van der Waals surface area contributed by atoms with Crippen LogP contribution in [0.15, 0.2) is 42.6 Å². The van der Waals surface area contributed by atoms with Gasteiger partial charge in [0.2, 0.25) is 5.91 Å². The van der Waals surface area contributed by atoms with Crippen molar-refractivity contribution < 1.29 is 14.3 Å². The lowest BCUT2D eigenvalue weighted by Gasteiger charge is -2.10. The lowest BCUT2D eigenvalue weighted by molar-refractivity contribution is -0.117. The smallest absolute Gasteiger partial charge is 0.339 e. The van der Waals surface area contributed by atoms with E-state index in [1.54, 1.807) is 19.1 Å². The van der Waals surface area contributed by atoms with Crippen LogP contribution < -0.4 is 10.6 Å². The zero-order valence-electron chi connectivity index (χ0n) is 13.4. The molecule has 0 saturated carbocycles. The maximum absolute atomic E-state index is 12.0. The van der Waals surface area contributed by atoms with Crippen molar-refractivity contribution in [3.8, 4) is 0 Å². The minimum atomic E-state index is -0.379. The highest BCUT2D eigenvalue weighted by Crippen LogP contribution is 2.34. The van der Waals surface area contributed by atoms with Gasteiger partial charge in [0.15, 0.2) is 0 Å². The molecule has 2 heterocycles. The Morgan fingerprint density at radius 2 is 2.12 bits per heavy atom. The maximum Gasteiger partial charge on any atom is 0.339 e. The Hall–Kier alpha value is -2.89. The molecule has 24 heavy (non-hydrogen) atoms. The maximum atomic E-state index is 12.0. The first-order valence-corrected chi connectivity index (χ1v) is 7.96. The van der Waals surface area contributed by atoms with E-state index in [9.17, 15) is 9.59 Å². The van der Waals surface area contributed by atoms with Crippen LogP contribution in [-0.4, -0.2) is 30.0 Å². The van der Waals surface area contributed by atoms with Crippen molar-refractivity contribution in [1.29, 1.82) is 0 Å². The summed E-state index contributed by atoms with van der Waals surface area (Å²) in [6.45, 7) is 2.71. The molecule has 0 fully saturated rings. The van der Waals surface area contributed by atoms with Crippen molar-refractivity contribution in [1.82, 2.24) is 4.98 Å². The first-order chi connectivity index (χ1) is 11.7. The van der Waals surface area contributed by atoms with Gasteiger partial charge in [0.05, 0.1) is 18.1 Å². The highest BCUT2D eigenvalue weighted by atomic mass is 16.5. The van der Waals surface area contributed by atoms with Crippen molar-refractivity contribution in [2.24, 2.45) is 0 Å². The third-order valence-electron chi connectivity index (χ3n) is 3.92. The lowest BCUT2D eigenvalue weighted by atomic mass is 9.97. The number of amides is 1. The number of ether oxygens (including phenoxy) is 1. The number of hydrogen-bond acceptors (Lipinski definition) is 5. The van der Waals surface area contributed by atoms with Crippen LogP contribution in [0.2, 0.25) is 0 Å². The van der Waals surface area contributed by atoms with Crippen LogP contribution in [0.3, 0.4) is 0 Å². The molecule has 1 aliphatic heterocycles. The second-order valence-corrected chi connectivity index (χ2v) is 5.50. The van der Waals surface area contributed by atoms with E-state index in [4.69, 9.17) is 4.74 Å². The highest BCUT2D eigenvalue weighted by Gasteiger charge is 2.29. The van der Waals surface area contributed by atoms with Crippen molar-refractivity contribution in [2.45, 2.75) is 19.3 Å². The number of pyridine rings is 1. The van der Waals surface area contributed by atoms with E-state index >= 15 is 0 Å². The zero-order valence-corrected chi connectivity index (χ0v) is 13.4. The van der Waals surface area contributed by atoms with Crippen molar-refractivity contribution in [2.75, 3.05) is 23.8 Å². The third kappa shape index (κ3) is 3.37. The summed E-state index contributed by atoms with van der Waals surface area (Å²) in [5, 5.41) is 6.07. The zero-order chi connectivity index (χ0) is 16.9. The average molecular weight is 325 g/mol. The number of aromatic nitrogens is 1. The second kappa shape index (κ2) is 7.12. The Labute approximate surface area is 140 Å². The summed E-state index contributed by atoms with van der Waals surface area (Å²) < 4.78 is 4.92. The van der Waals surface area contributed by atoms with Crippen molar-refractivity contribution in [3.63, 3.8) is 0 Å².